The molecule has 1 heterocycles. The first-order valence-corrected chi connectivity index (χ1v) is 10.7. The van der Waals surface area contributed by atoms with Crippen molar-refractivity contribution in [1.29, 1.82) is 0 Å². The molecule has 0 spiro atoms. The summed E-state index contributed by atoms with van der Waals surface area (Å²) in [5.41, 5.74) is 3.05. The van der Waals surface area contributed by atoms with Gasteiger partial charge in [-0.15, -0.1) is 0 Å². The summed E-state index contributed by atoms with van der Waals surface area (Å²) in [4.78, 5) is 0. The summed E-state index contributed by atoms with van der Waals surface area (Å²) in [7, 11) is -1.39. The van der Waals surface area contributed by atoms with E-state index in [1.807, 2.05) is 0 Å². The second-order valence-corrected chi connectivity index (χ2v) is 11.2. The van der Waals surface area contributed by atoms with Gasteiger partial charge in [0, 0.05) is 5.92 Å². The highest BCUT2D eigenvalue weighted by Gasteiger charge is 2.36. The van der Waals surface area contributed by atoms with Crippen molar-refractivity contribution in [2.24, 2.45) is 5.92 Å². The first kappa shape index (κ1) is 15.5. The van der Waals surface area contributed by atoms with Crippen LogP contribution in [-0.4, -0.2) is 21.3 Å². The van der Waals surface area contributed by atoms with Gasteiger partial charge in [-0.1, -0.05) is 81.4 Å². The van der Waals surface area contributed by atoms with Crippen LogP contribution >= 0.6 is 0 Å². The van der Waals surface area contributed by atoms with Gasteiger partial charge in [0.15, 0.2) is 0 Å². The lowest BCUT2D eigenvalue weighted by Gasteiger charge is -2.34. The van der Waals surface area contributed by atoms with Crippen molar-refractivity contribution in [3.8, 4) is 0 Å². The summed E-state index contributed by atoms with van der Waals surface area (Å²) in [6, 6.07) is 15.1. The molecule has 1 aromatic carbocycles. The number of hydrogen-bond acceptors (Lipinski definition) is 1. The highest BCUT2D eigenvalue weighted by Crippen LogP contribution is 2.41. The topological polar surface area (TPSA) is 9.23 Å². The molecule has 110 valence electrons. The number of ether oxygens (including phenoxy) is 1. The van der Waals surface area contributed by atoms with E-state index in [-0.39, 0.29) is 0 Å². The van der Waals surface area contributed by atoms with E-state index in [2.05, 4.69) is 58.0 Å². The summed E-state index contributed by atoms with van der Waals surface area (Å²) in [5, 5.41) is 1.70. The summed E-state index contributed by atoms with van der Waals surface area (Å²) in [5.74, 6) is 0.585. The monoisotopic (exact) mass is 288 g/mol. The van der Waals surface area contributed by atoms with E-state index in [4.69, 9.17) is 4.74 Å². The largest absolute Gasteiger partial charge is 0.376 e. The van der Waals surface area contributed by atoms with Crippen LogP contribution in [0.5, 0.6) is 0 Å². The van der Waals surface area contributed by atoms with E-state index < -0.39 is 8.07 Å². The first-order valence-electron chi connectivity index (χ1n) is 8.05. The Kier molecular flexibility index (Phi) is 5.22. The van der Waals surface area contributed by atoms with Gasteiger partial charge >= 0.3 is 0 Å². The average molecular weight is 289 g/mol. The van der Waals surface area contributed by atoms with Crippen molar-refractivity contribution >= 4 is 13.3 Å². The fraction of sp³-hybridized carbons (Fsp3) is 0.556. The minimum atomic E-state index is -1.39. The molecule has 2 heteroatoms. The molecule has 0 aliphatic carbocycles. The van der Waals surface area contributed by atoms with Crippen LogP contribution in [0.2, 0.25) is 18.1 Å². The Labute approximate surface area is 125 Å². The lowest BCUT2D eigenvalue weighted by molar-refractivity contribution is 0.191. The second-order valence-electron chi connectivity index (χ2n) is 6.02. The average Bonchev–Trinajstić information content (AvgIpc) is 2.91. The van der Waals surface area contributed by atoms with Gasteiger partial charge < -0.3 is 4.74 Å². The molecule has 2 rings (SSSR count). The molecule has 1 aromatic rings. The summed E-state index contributed by atoms with van der Waals surface area (Å²) >= 11 is 0. The van der Waals surface area contributed by atoms with Crippen LogP contribution in [0.4, 0.5) is 0 Å². The zero-order chi connectivity index (χ0) is 14.6. The molecular weight excluding hydrogens is 260 g/mol. The predicted octanol–water partition coefficient (Wildman–Crippen LogP) is 5.15. The Morgan fingerprint density at radius 1 is 1.10 bits per heavy atom. The number of benzene rings is 1. The SMILES string of the molecule is CC[Si](CC)(CC)/C(=C1\COCC1C)c1ccccc1. The molecule has 1 atom stereocenters. The van der Waals surface area contributed by atoms with Crippen LogP contribution in [0, 0.1) is 5.92 Å². The lowest BCUT2D eigenvalue weighted by atomic mass is 10.0. The normalized spacial score (nSPS) is 22.1. The van der Waals surface area contributed by atoms with E-state index in [1.165, 1.54) is 23.7 Å². The zero-order valence-corrected chi connectivity index (χ0v) is 14.4. The first-order chi connectivity index (χ1) is 9.68. The molecular formula is C18H28OSi. The third-order valence-corrected chi connectivity index (χ3v) is 10.9. The maximum absolute atomic E-state index is 5.76. The van der Waals surface area contributed by atoms with Gasteiger partial charge in [-0.25, -0.2) is 0 Å². The van der Waals surface area contributed by atoms with Gasteiger partial charge in [-0.05, 0) is 11.1 Å². The molecule has 1 saturated heterocycles. The van der Waals surface area contributed by atoms with E-state index in [0.717, 1.165) is 13.2 Å². The fourth-order valence-electron chi connectivity index (χ4n) is 3.62. The van der Waals surface area contributed by atoms with Gasteiger partial charge in [0.25, 0.3) is 0 Å². The number of rotatable bonds is 5. The van der Waals surface area contributed by atoms with E-state index >= 15 is 0 Å². The molecule has 0 aromatic heterocycles. The maximum atomic E-state index is 5.76. The second kappa shape index (κ2) is 6.73. The van der Waals surface area contributed by atoms with Gasteiger partial charge in [-0.2, -0.15) is 0 Å². The highest BCUT2D eigenvalue weighted by atomic mass is 28.3. The standard InChI is InChI=1S/C18H28OSi/c1-5-20(6-2,7-3)18(16-11-9-8-10-12-16)17-14-19-13-15(17)4/h8-12,15H,5-7,13-14H2,1-4H3/b18-17+. The van der Waals surface area contributed by atoms with Gasteiger partial charge in [0.2, 0.25) is 0 Å². The van der Waals surface area contributed by atoms with Crippen molar-refractivity contribution in [2.75, 3.05) is 13.2 Å². The molecule has 1 unspecified atom stereocenters. The molecule has 0 N–H and O–H groups in total. The quantitative estimate of drug-likeness (QED) is 0.680. The Morgan fingerprint density at radius 2 is 1.70 bits per heavy atom. The van der Waals surface area contributed by atoms with E-state index in [9.17, 15) is 0 Å². The third kappa shape index (κ3) is 2.77. The van der Waals surface area contributed by atoms with Crippen LogP contribution in [0.3, 0.4) is 0 Å². The Balaban J connectivity index is 2.62. The van der Waals surface area contributed by atoms with Crippen molar-refractivity contribution in [2.45, 2.75) is 45.8 Å². The van der Waals surface area contributed by atoms with Crippen molar-refractivity contribution in [3.05, 3.63) is 41.5 Å². The Hall–Kier alpha value is -0.863. The molecule has 1 fully saturated rings. The van der Waals surface area contributed by atoms with E-state index in [0.29, 0.717) is 5.92 Å². The van der Waals surface area contributed by atoms with Gasteiger partial charge in [-0.3, -0.25) is 0 Å². The molecule has 1 nitrogen and oxygen atoms in total. The molecule has 0 bridgehead atoms. The molecule has 20 heavy (non-hydrogen) atoms. The summed E-state index contributed by atoms with van der Waals surface area (Å²) in [6.07, 6.45) is 0. The lowest BCUT2D eigenvalue weighted by Crippen LogP contribution is -2.35. The summed E-state index contributed by atoms with van der Waals surface area (Å²) in [6.45, 7) is 11.2. The summed E-state index contributed by atoms with van der Waals surface area (Å²) < 4.78 is 5.76. The Morgan fingerprint density at radius 3 is 2.15 bits per heavy atom. The zero-order valence-electron chi connectivity index (χ0n) is 13.4. The van der Waals surface area contributed by atoms with Gasteiger partial charge in [0.1, 0.15) is 0 Å². The van der Waals surface area contributed by atoms with Crippen LogP contribution < -0.4 is 0 Å². The molecule has 0 radical (unpaired) electrons. The third-order valence-electron chi connectivity index (χ3n) is 5.16. The van der Waals surface area contributed by atoms with Crippen molar-refractivity contribution in [3.63, 3.8) is 0 Å². The molecule has 1 aliphatic rings. The van der Waals surface area contributed by atoms with Crippen LogP contribution in [0.1, 0.15) is 33.3 Å². The molecule has 0 saturated carbocycles. The highest BCUT2D eigenvalue weighted by molar-refractivity contribution is 6.96. The van der Waals surface area contributed by atoms with Crippen molar-refractivity contribution < 1.29 is 4.74 Å². The van der Waals surface area contributed by atoms with Crippen LogP contribution in [-0.2, 0) is 4.74 Å². The predicted molar refractivity (Wildman–Crippen MR) is 90.5 cm³/mol. The maximum Gasteiger partial charge on any atom is 0.0867 e. The van der Waals surface area contributed by atoms with Gasteiger partial charge in [0.05, 0.1) is 21.3 Å². The fourth-order valence-corrected chi connectivity index (χ4v) is 7.96. The Bertz CT molecular complexity index is 451. The van der Waals surface area contributed by atoms with Crippen LogP contribution in [0.15, 0.2) is 35.9 Å². The van der Waals surface area contributed by atoms with Crippen molar-refractivity contribution in [1.82, 2.24) is 0 Å². The minimum Gasteiger partial charge on any atom is -0.376 e. The molecule has 1 aliphatic heterocycles. The minimum absolute atomic E-state index is 0.585. The smallest absolute Gasteiger partial charge is 0.0867 e. The molecule has 0 amide bonds. The van der Waals surface area contributed by atoms with E-state index in [1.54, 1.807) is 10.8 Å². The number of hydrogen-bond donors (Lipinski definition) is 0. The van der Waals surface area contributed by atoms with Crippen LogP contribution in [0.25, 0.3) is 5.20 Å².